The molecule has 0 rings (SSSR count). The first-order chi connectivity index (χ1) is 6.93. The quantitative estimate of drug-likeness (QED) is 0.602. The fraction of sp³-hybridized carbons (Fsp3) is 1.00. The number of likely N-dealkylation sites (N-methyl/N-ethyl adjacent to an activating group) is 1. The van der Waals surface area contributed by atoms with E-state index in [-0.39, 0.29) is 13.2 Å². The average Bonchev–Trinajstić information content (AvgIpc) is 2.03. The molecule has 0 aliphatic rings. The topological polar surface area (TPSA) is 55.7 Å². The van der Waals surface area contributed by atoms with E-state index < -0.39 is 0 Å². The zero-order valence-corrected chi connectivity index (χ0v) is 10.8. The molecule has 0 saturated heterocycles. The smallest absolute Gasteiger partial charge is 0.0558 e. The van der Waals surface area contributed by atoms with E-state index in [1.807, 2.05) is 11.9 Å². The van der Waals surface area contributed by atoms with Crippen LogP contribution in [0.2, 0.25) is 0 Å². The highest BCUT2D eigenvalue weighted by Crippen LogP contribution is 1.80. The van der Waals surface area contributed by atoms with Crippen molar-refractivity contribution in [3.63, 3.8) is 0 Å². The fourth-order valence-corrected chi connectivity index (χ4v) is 1.12. The second-order valence-electron chi connectivity index (χ2n) is 4.23. The number of aliphatic hydroxyl groups excluding tert-OH is 2. The number of rotatable bonds is 6. The molecule has 0 heterocycles. The SMILES string of the molecule is CC(C)NC(C)C.CN(CCO)CCO. The zero-order chi connectivity index (χ0) is 12.3. The Morgan fingerprint density at radius 3 is 1.40 bits per heavy atom. The van der Waals surface area contributed by atoms with Crippen LogP contribution in [0.3, 0.4) is 0 Å². The van der Waals surface area contributed by atoms with Crippen molar-refractivity contribution in [2.24, 2.45) is 0 Å². The van der Waals surface area contributed by atoms with Gasteiger partial charge in [0.05, 0.1) is 13.2 Å². The molecule has 94 valence electrons. The summed E-state index contributed by atoms with van der Waals surface area (Å²) in [6, 6.07) is 1.25. The molecule has 0 fully saturated rings. The number of aliphatic hydroxyl groups is 2. The minimum absolute atomic E-state index is 0.163. The summed E-state index contributed by atoms with van der Waals surface area (Å²) < 4.78 is 0. The van der Waals surface area contributed by atoms with Crippen LogP contribution in [0, 0.1) is 0 Å². The number of nitrogens with zero attached hydrogens (tertiary/aromatic N) is 1. The maximum absolute atomic E-state index is 8.34. The Labute approximate surface area is 94.3 Å². The van der Waals surface area contributed by atoms with Crippen LogP contribution in [0.1, 0.15) is 27.7 Å². The second-order valence-corrected chi connectivity index (χ2v) is 4.23. The maximum atomic E-state index is 8.34. The highest BCUT2D eigenvalue weighted by Gasteiger charge is 1.92. The van der Waals surface area contributed by atoms with Gasteiger partial charge in [-0.3, -0.25) is 0 Å². The number of hydrogen-bond donors (Lipinski definition) is 3. The minimum atomic E-state index is 0.163. The Hall–Kier alpha value is -0.160. The van der Waals surface area contributed by atoms with Gasteiger partial charge in [-0.25, -0.2) is 0 Å². The van der Waals surface area contributed by atoms with E-state index in [9.17, 15) is 0 Å². The third-order valence-electron chi connectivity index (χ3n) is 1.63. The molecule has 0 radical (unpaired) electrons. The molecule has 0 amide bonds. The van der Waals surface area contributed by atoms with Crippen molar-refractivity contribution in [2.45, 2.75) is 39.8 Å². The van der Waals surface area contributed by atoms with Crippen molar-refractivity contribution in [1.29, 1.82) is 0 Å². The monoisotopic (exact) mass is 220 g/mol. The highest BCUT2D eigenvalue weighted by atomic mass is 16.3. The van der Waals surface area contributed by atoms with Gasteiger partial charge in [-0.15, -0.1) is 0 Å². The predicted octanol–water partition coefficient (Wildman–Crippen LogP) is 0.296. The summed E-state index contributed by atoms with van der Waals surface area (Å²) in [6.45, 7) is 10.2. The Bertz CT molecular complexity index is 107. The standard InChI is InChI=1S/C6H15N.C5H13NO2/c1-5(2)7-6(3)4;1-6(2-4-7)3-5-8/h5-7H,1-4H3;7-8H,2-5H2,1H3. The molecular weight excluding hydrogens is 192 g/mol. The first-order valence-electron chi connectivity index (χ1n) is 5.60. The van der Waals surface area contributed by atoms with E-state index in [1.165, 1.54) is 0 Å². The molecule has 0 unspecified atom stereocenters. The zero-order valence-electron chi connectivity index (χ0n) is 10.8. The summed E-state index contributed by atoms with van der Waals surface area (Å²) in [6.07, 6.45) is 0. The van der Waals surface area contributed by atoms with Gasteiger partial charge >= 0.3 is 0 Å². The minimum Gasteiger partial charge on any atom is -0.395 e. The van der Waals surface area contributed by atoms with Crippen LogP contribution in [0.5, 0.6) is 0 Å². The summed E-state index contributed by atoms with van der Waals surface area (Å²) in [7, 11) is 1.85. The molecule has 4 nitrogen and oxygen atoms in total. The van der Waals surface area contributed by atoms with Gasteiger partial charge in [0, 0.05) is 25.2 Å². The number of nitrogens with one attached hydrogen (secondary N) is 1. The van der Waals surface area contributed by atoms with E-state index in [0.717, 1.165) is 0 Å². The largest absolute Gasteiger partial charge is 0.395 e. The van der Waals surface area contributed by atoms with Crippen molar-refractivity contribution in [1.82, 2.24) is 10.2 Å². The molecule has 0 aliphatic heterocycles. The van der Waals surface area contributed by atoms with Crippen LogP contribution in [0.25, 0.3) is 0 Å². The maximum Gasteiger partial charge on any atom is 0.0558 e. The van der Waals surface area contributed by atoms with E-state index >= 15 is 0 Å². The lowest BCUT2D eigenvalue weighted by Crippen LogP contribution is -2.29. The van der Waals surface area contributed by atoms with Crippen LogP contribution >= 0.6 is 0 Å². The van der Waals surface area contributed by atoms with E-state index in [2.05, 4.69) is 33.0 Å². The summed E-state index contributed by atoms with van der Waals surface area (Å²) in [5, 5.41) is 20.0. The van der Waals surface area contributed by atoms with Crippen LogP contribution in [-0.4, -0.2) is 60.5 Å². The Balaban J connectivity index is 0. The van der Waals surface area contributed by atoms with E-state index in [0.29, 0.717) is 25.2 Å². The number of hydrogen-bond acceptors (Lipinski definition) is 4. The average molecular weight is 220 g/mol. The molecule has 0 aliphatic carbocycles. The summed E-state index contributed by atoms with van der Waals surface area (Å²) >= 11 is 0. The van der Waals surface area contributed by atoms with Gasteiger partial charge in [-0.1, -0.05) is 27.7 Å². The molecule has 3 N–H and O–H groups in total. The van der Waals surface area contributed by atoms with Crippen LogP contribution in [0.4, 0.5) is 0 Å². The fourth-order valence-electron chi connectivity index (χ4n) is 1.12. The van der Waals surface area contributed by atoms with Crippen molar-refractivity contribution < 1.29 is 10.2 Å². The normalized spacial score (nSPS) is 10.8. The molecule has 0 aromatic carbocycles. The lowest BCUT2D eigenvalue weighted by atomic mass is 10.3. The Morgan fingerprint density at radius 2 is 1.27 bits per heavy atom. The molecule has 15 heavy (non-hydrogen) atoms. The molecule has 0 aromatic heterocycles. The first kappa shape index (κ1) is 17.2. The molecule has 4 heteroatoms. The first-order valence-corrected chi connectivity index (χ1v) is 5.60. The van der Waals surface area contributed by atoms with Gasteiger partial charge < -0.3 is 20.4 Å². The van der Waals surface area contributed by atoms with E-state index in [4.69, 9.17) is 10.2 Å². The van der Waals surface area contributed by atoms with Gasteiger partial charge in [0.25, 0.3) is 0 Å². The lowest BCUT2D eigenvalue weighted by molar-refractivity contribution is 0.184. The molecule has 0 spiro atoms. The third kappa shape index (κ3) is 20.0. The van der Waals surface area contributed by atoms with E-state index in [1.54, 1.807) is 0 Å². The summed E-state index contributed by atoms with van der Waals surface area (Å²) in [5.74, 6) is 0. The van der Waals surface area contributed by atoms with Crippen molar-refractivity contribution in [3.8, 4) is 0 Å². The van der Waals surface area contributed by atoms with Crippen LogP contribution in [-0.2, 0) is 0 Å². The molecular formula is C11H28N2O2. The van der Waals surface area contributed by atoms with Gasteiger partial charge in [-0.2, -0.15) is 0 Å². The van der Waals surface area contributed by atoms with Gasteiger partial charge in [-0.05, 0) is 7.05 Å². The second kappa shape index (κ2) is 11.9. The summed E-state index contributed by atoms with van der Waals surface area (Å²) in [4.78, 5) is 1.86. The van der Waals surface area contributed by atoms with Gasteiger partial charge in [0.2, 0.25) is 0 Å². The van der Waals surface area contributed by atoms with Crippen LogP contribution in [0.15, 0.2) is 0 Å². The Morgan fingerprint density at radius 1 is 0.933 bits per heavy atom. The molecule has 0 atom stereocenters. The Kier molecular flexibility index (Phi) is 13.7. The highest BCUT2D eigenvalue weighted by molar-refractivity contribution is 4.55. The molecule has 0 aromatic rings. The summed E-state index contributed by atoms with van der Waals surface area (Å²) in [5.41, 5.74) is 0. The third-order valence-corrected chi connectivity index (χ3v) is 1.63. The van der Waals surface area contributed by atoms with Crippen molar-refractivity contribution >= 4 is 0 Å². The lowest BCUT2D eigenvalue weighted by Gasteiger charge is -2.11. The molecule has 0 saturated carbocycles. The van der Waals surface area contributed by atoms with Crippen molar-refractivity contribution in [2.75, 3.05) is 33.4 Å². The van der Waals surface area contributed by atoms with Gasteiger partial charge in [0.15, 0.2) is 0 Å². The van der Waals surface area contributed by atoms with Crippen LogP contribution < -0.4 is 5.32 Å². The predicted molar refractivity (Wildman–Crippen MR) is 65.1 cm³/mol. The molecule has 0 bridgehead atoms. The van der Waals surface area contributed by atoms with Crippen molar-refractivity contribution in [3.05, 3.63) is 0 Å². The van der Waals surface area contributed by atoms with Gasteiger partial charge in [0.1, 0.15) is 0 Å².